The number of halogens is 2. The van der Waals surface area contributed by atoms with Gasteiger partial charge in [-0.15, -0.1) is 24.0 Å². The molecule has 1 heterocycles. The molecule has 0 aromatic heterocycles. The van der Waals surface area contributed by atoms with E-state index in [-0.39, 0.29) is 41.4 Å². The standard InChI is InChI=1S/C21H32BrN3O2.HI/c1-2-23-19(24-14-20(9-11-26)10-12-27-16-20)25-15-21(7-4-8-21)17-5-3-6-18(22)13-17;/h3,5-6,13,26H,2,4,7-12,14-16H2,1H3,(H2,23,24,25);1H. The van der Waals surface area contributed by atoms with Gasteiger partial charge in [0.2, 0.25) is 0 Å². The zero-order valence-corrected chi connectivity index (χ0v) is 20.6. The first-order valence-corrected chi connectivity index (χ1v) is 10.9. The topological polar surface area (TPSA) is 65.9 Å². The first kappa shape index (κ1) is 23.9. The first-order valence-electron chi connectivity index (χ1n) is 10.1. The van der Waals surface area contributed by atoms with E-state index in [1.807, 2.05) is 0 Å². The van der Waals surface area contributed by atoms with Crippen molar-refractivity contribution in [1.82, 2.24) is 10.6 Å². The van der Waals surface area contributed by atoms with Gasteiger partial charge in [-0.25, -0.2) is 0 Å². The van der Waals surface area contributed by atoms with Crippen LogP contribution in [0.2, 0.25) is 0 Å². The smallest absolute Gasteiger partial charge is 0.191 e. The van der Waals surface area contributed by atoms with E-state index >= 15 is 0 Å². The Morgan fingerprint density at radius 3 is 2.68 bits per heavy atom. The summed E-state index contributed by atoms with van der Waals surface area (Å²) < 4.78 is 6.73. The molecule has 1 atom stereocenters. The van der Waals surface area contributed by atoms with Gasteiger partial charge in [-0.1, -0.05) is 34.5 Å². The highest BCUT2D eigenvalue weighted by Crippen LogP contribution is 2.43. The fourth-order valence-corrected chi connectivity index (χ4v) is 4.52. The maximum atomic E-state index is 9.42. The minimum absolute atomic E-state index is 0. The summed E-state index contributed by atoms with van der Waals surface area (Å²) in [5.41, 5.74) is 1.57. The van der Waals surface area contributed by atoms with Crippen molar-refractivity contribution in [3.8, 4) is 0 Å². The summed E-state index contributed by atoms with van der Waals surface area (Å²) in [4.78, 5) is 4.85. The normalized spacial score (nSPS) is 23.6. The predicted molar refractivity (Wildman–Crippen MR) is 129 cm³/mol. The van der Waals surface area contributed by atoms with Gasteiger partial charge in [0.25, 0.3) is 0 Å². The lowest BCUT2D eigenvalue weighted by molar-refractivity contribution is 0.131. The Kier molecular flexibility index (Phi) is 9.50. The van der Waals surface area contributed by atoms with Crippen molar-refractivity contribution in [2.24, 2.45) is 10.4 Å². The van der Waals surface area contributed by atoms with Crippen LogP contribution in [-0.2, 0) is 10.2 Å². The summed E-state index contributed by atoms with van der Waals surface area (Å²) in [6.07, 6.45) is 5.41. The molecule has 0 amide bonds. The van der Waals surface area contributed by atoms with E-state index in [2.05, 4.69) is 57.8 Å². The summed E-state index contributed by atoms with van der Waals surface area (Å²) >= 11 is 3.61. The van der Waals surface area contributed by atoms with Crippen LogP contribution in [0.3, 0.4) is 0 Å². The largest absolute Gasteiger partial charge is 0.396 e. The number of ether oxygens (including phenoxy) is 1. The van der Waals surface area contributed by atoms with Crippen LogP contribution in [0.1, 0.15) is 44.6 Å². The van der Waals surface area contributed by atoms with Crippen LogP contribution in [0, 0.1) is 5.41 Å². The molecule has 3 N–H and O–H groups in total. The molecule has 0 radical (unpaired) electrons. The van der Waals surface area contributed by atoms with Crippen LogP contribution in [0.25, 0.3) is 0 Å². The average Bonchev–Trinajstić information content (AvgIpc) is 3.08. The van der Waals surface area contributed by atoms with E-state index < -0.39 is 0 Å². The summed E-state index contributed by atoms with van der Waals surface area (Å²) in [6, 6.07) is 8.69. The van der Waals surface area contributed by atoms with Gasteiger partial charge in [0, 0.05) is 41.6 Å². The van der Waals surface area contributed by atoms with Crippen LogP contribution < -0.4 is 10.6 Å². The molecule has 2 aliphatic rings. The molecule has 3 rings (SSSR count). The van der Waals surface area contributed by atoms with Gasteiger partial charge in [-0.3, -0.25) is 4.99 Å². The molecule has 7 heteroatoms. The monoisotopic (exact) mass is 565 g/mol. The lowest BCUT2D eigenvalue weighted by Crippen LogP contribution is -2.49. The number of guanidine groups is 1. The molecule has 1 unspecified atom stereocenters. The molecule has 5 nitrogen and oxygen atoms in total. The maximum absolute atomic E-state index is 9.42. The quantitative estimate of drug-likeness (QED) is 0.255. The van der Waals surface area contributed by atoms with Gasteiger partial charge in [0.1, 0.15) is 0 Å². The zero-order valence-electron chi connectivity index (χ0n) is 16.7. The third-order valence-electron chi connectivity index (χ3n) is 6.09. The number of aliphatic hydroxyl groups is 1. The number of aliphatic imine (C=N–C) groups is 1. The molecule has 1 saturated heterocycles. The molecule has 1 aliphatic carbocycles. The molecular weight excluding hydrogens is 533 g/mol. The molecule has 1 aromatic rings. The van der Waals surface area contributed by atoms with Crippen molar-refractivity contribution in [3.63, 3.8) is 0 Å². The second-order valence-electron chi connectivity index (χ2n) is 7.97. The van der Waals surface area contributed by atoms with Crippen LogP contribution in [-0.4, -0.2) is 50.5 Å². The molecule has 1 aromatic carbocycles. The fraction of sp³-hybridized carbons (Fsp3) is 0.667. The van der Waals surface area contributed by atoms with Gasteiger partial charge in [0.15, 0.2) is 5.96 Å². The van der Waals surface area contributed by atoms with Gasteiger partial charge in [0.05, 0.1) is 13.2 Å². The molecule has 1 saturated carbocycles. The molecule has 0 spiro atoms. The van der Waals surface area contributed by atoms with E-state index in [0.717, 1.165) is 43.0 Å². The lowest BCUT2D eigenvalue weighted by atomic mass is 9.64. The maximum Gasteiger partial charge on any atom is 0.191 e. The van der Waals surface area contributed by atoms with E-state index in [4.69, 9.17) is 9.73 Å². The molecular formula is C21H33BrIN3O2. The van der Waals surface area contributed by atoms with Gasteiger partial charge < -0.3 is 20.5 Å². The van der Waals surface area contributed by atoms with Crippen molar-refractivity contribution in [3.05, 3.63) is 34.3 Å². The summed E-state index contributed by atoms with van der Waals surface area (Å²) in [7, 11) is 0. The Balaban J connectivity index is 0.00000280. The minimum Gasteiger partial charge on any atom is -0.396 e. The zero-order chi connectivity index (χ0) is 19.2. The van der Waals surface area contributed by atoms with Gasteiger partial charge in [-0.05, 0) is 50.3 Å². The molecule has 2 fully saturated rings. The van der Waals surface area contributed by atoms with Crippen molar-refractivity contribution < 1.29 is 9.84 Å². The second-order valence-corrected chi connectivity index (χ2v) is 8.88. The van der Waals surface area contributed by atoms with Crippen molar-refractivity contribution in [2.75, 3.05) is 39.5 Å². The van der Waals surface area contributed by atoms with E-state index in [9.17, 15) is 5.11 Å². The van der Waals surface area contributed by atoms with Crippen LogP contribution >= 0.6 is 39.9 Å². The predicted octanol–water partition coefficient (Wildman–Crippen LogP) is 3.83. The Bertz CT molecular complexity index is 646. The van der Waals surface area contributed by atoms with Gasteiger partial charge in [-0.2, -0.15) is 0 Å². The first-order chi connectivity index (χ1) is 13.1. The molecule has 0 bridgehead atoms. The SMILES string of the molecule is CCNC(=NCC1(CCO)CCOC1)NCC1(c2cccc(Br)c2)CCC1.I. The highest BCUT2D eigenvalue weighted by atomic mass is 127. The van der Waals surface area contributed by atoms with Crippen LogP contribution in [0.4, 0.5) is 0 Å². The third-order valence-corrected chi connectivity index (χ3v) is 6.58. The average molecular weight is 566 g/mol. The number of aliphatic hydroxyl groups excluding tert-OH is 1. The second kappa shape index (κ2) is 11.1. The number of rotatable bonds is 8. The Labute approximate surface area is 194 Å². The van der Waals surface area contributed by atoms with Crippen LogP contribution in [0.5, 0.6) is 0 Å². The summed E-state index contributed by atoms with van der Waals surface area (Å²) in [6.45, 7) is 6.15. The van der Waals surface area contributed by atoms with E-state index in [1.165, 1.54) is 24.8 Å². The number of hydrogen-bond acceptors (Lipinski definition) is 3. The van der Waals surface area contributed by atoms with E-state index in [0.29, 0.717) is 13.2 Å². The Hall–Kier alpha value is -0.380. The van der Waals surface area contributed by atoms with Crippen molar-refractivity contribution in [1.29, 1.82) is 0 Å². The fourth-order valence-electron chi connectivity index (χ4n) is 4.12. The Morgan fingerprint density at radius 2 is 2.11 bits per heavy atom. The minimum atomic E-state index is -0.0183. The Morgan fingerprint density at radius 1 is 1.29 bits per heavy atom. The number of hydrogen-bond donors (Lipinski definition) is 3. The lowest BCUT2D eigenvalue weighted by Gasteiger charge is -2.43. The third kappa shape index (κ3) is 5.83. The number of nitrogens with one attached hydrogen (secondary N) is 2. The summed E-state index contributed by atoms with van der Waals surface area (Å²) in [5, 5.41) is 16.4. The summed E-state index contributed by atoms with van der Waals surface area (Å²) in [5.74, 6) is 0.864. The highest BCUT2D eigenvalue weighted by molar-refractivity contribution is 14.0. The molecule has 1 aliphatic heterocycles. The van der Waals surface area contributed by atoms with Crippen molar-refractivity contribution in [2.45, 2.75) is 44.4 Å². The number of nitrogens with zero attached hydrogens (tertiary/aromatic N) is 1. The molecule has 28 heavy (non-hydrogen) atoms. The highest BCUT2D eigenvalue weighted by Gasteiger charge is 2.39. The molecule has 158 valence electrons. The van der Waals surface area contributed by atoms with Crippen molar-refractivity contribution >= 4 is 45.9 Å². The van der Waals surface area contributed by atoms with Gasteiger partial charge >= 0.3 is 0 Å². The van der Waals surface area contributed by atoms with Crippen LogP contribution in [0.15, 0.2) is 33.7 Å². The van der Waals surface area contributed by atoms with E-state index in [1.54, 1.807) is 0 Å². The number of benzene rings is 1.